The first-order chi connectivity index (χ1) is 8.60. The summed E-state index contributed by atoms with van der Waals surface area (Å²) in [4.78, 5) is 0. The molecule has 0 bridgehead atoms. The van der Waals surface area contributed by atoms with E-state index >= 15 is 0 Å². The molecule has 0 aliphatic rings. The van der Waals surface area contributed by atoms with Gasteiger partial charge in [-0.05, 0) is 32.0 Å². The van der Waals surface area contributed by atoms with Crippen molar-refractivity contribution < 1.29 is 0 Å². The van der Waals surface area contributed by atoms with E-state index in [1.54, 1.807) is 0 Å². The predicted molar refractivity (Wildman–Crippen MR) is 70.8 cm³/mol. The molecule has 1 unspecified atom stereocenters. The van der Waals surface area contributed by atoms with E-state index in [1.807, 2.05) is 49.0 Å². The molecular formula is C14H16N4. The van der Waals surface area contributed by atoms with E-state index in [0.29, 0.717) is 12.1 Å². The highest BCUT2D eigenvalue weighted by molar-refractivity contribution is 5.67. The van der Waals surface area contributed by atoms with E-state index in [4.69, 9.17) is 11.0 Å². The summed E-state index contributed by atoms with van der Waals surface area (Å²) in [7, 11) is 0. The molecule has 0 aliphatic carbocycles. The first-order valence-electron chi connectivity index (χ1n) is 5.90. The summed E-state index contributed by atoms with van der Waals surface area (Å²) in [5.74, 6) is 0. The maximum absolute atomic E-state index is 9.12. The highest BCUT2D eigenvalue weighted by Crippen LogP contribution is 2.22. The van der Waals surface area contributed by atoms with Crippen LogP contribution in [0.3, 0.4) is 0 Å². The smallest absolute Gasteiger partial charge is 0.0998 e. The molecule has 1 heterocycles. The van der Waals surface area contributed by atoms with Crippen LogP contribution in [0.15, 0.2) is 30.5 Å². The number of aryl methyl sites for hydroxylation is 1. The third-order valence-electron chi connectivity index (χ3n) is 2.69. The Hall–Kier alpha value is -2.12. The SMILES string of the molecule is Cc1ccc(C#N)c(-c2ccn(CC(C)N)n2)c1. The molecule has 0 radical (unpaired) electrons. The number of benzene rings is 1. The Kier molecular flexibility index (Phi) is 3.45. The van der Waals surface area contributed by atoms with Gasteiger partial charge in [-0.3, -0.25) is 4.68 Å². The monoisotopic (exact) mass is 240 g/mol. The van der Waals surface area contributed by atoms with Gasteiger partial charge in [0, 0.05) is 17.8 Å². The van der Waals surface area contributed by atoms with Crippen LogP contribution >= 0.6 is 0 Å². The van der Waals surface area contributed by atoms with Crippen LogP contribution in [0.1, 0.15) is 18.1 Å². The van der Waals surface area contributed by atoms with Gasteiger partial charge in [-0.25, -0.2) is 0 Å². The van der Waals surface area contributed by atoms with Crippen LogP contribution in [0.25, 0.3) is 11.3 Å². The summed E-state index contributed by atoms with van der Waals surface area (Å²) in [5, 5.41) is 13.6. The minimum atomic E-state index is 0.0608. The molecule has 2 rings (SSSR count). The Bertz CT molecular complexity index is 590. The van der Waals surface area contributed by atoms with E-state index in [2.05, 4.69) is 11.2 Å². The van der Waals surface area contributed by atoms with E-state index in [9.17, 15) is 0 Å². The second kappa shape index (κ2) is 5.03. The summed E-state index contributed by atoms with van der Waals surface area (Å²) in [5.41, 5.74) is 9.19. The fourth-order valence-corrected chi connectivity index (χ4v) is 1.87. The third kappa shape index (κ3) is 2.58. The first-order valence-corrected chi connectivity index (χ1v) is 5.90. The molecular weight excluding hydrogens is 224 g/mol. The van der Waals surface area contributed by atoms with Crippen LogP contribution in [0.5, 0.6) is 0 Å². The summed E-state index contributed by atoms with van der Waals surface area (Å²) < 4.78 is 1.81. The number of nitriles is 1. The Labute approximate surface area is 107 Å². The van der Waals surface area contributed by atoms with Crippen molar-refractivity contribution in [1.29, 1.82) is 5.26 Å². The Morgan fingerprint density at radius 3 is 2.89 bits per heavy atom. The van der Waals surface area contributed by atoms with Gasteiger partial charge in [-0.1, -0.05) is 11.6 Å². The lowest BCUT2D eigenvalue weighted by atomic mass is 10.0. The van der Waals surface area contributed by atoms with Gasteiger partial charge in [0.05, 0.1) is 23.9 Å². The van der Waals surface area contributed by atoms with Crippen molar-refractivity contribution in [3.8, 4) is 17.3 Å². The minimum absolute atomic E-state index is 0.0608. The van der Waals surface area contributed by atoms with Crippen LogP contribution in [0.2, 0.25) is 0 Å². The number of hydrogen-bond acceptors (Lipinski definition) is 3. The van der Waals surface area contributed by atoms with Gasteiger partial charge >= 0.3 is 0 Å². The van der Waals surface area contributed by atoms with Gasteiger partial charge in [0.1, 0.15) is 0 Å². The standard InChI is InChI=1S/C14H16N4/c1-10-3-4-12(8-15)13(7-10)14-5-6-18(17-14)9-11(2)16/h3-7,11H,9,16H2,1-2H3. The van der Waals surface area contributed by atoms with Gasteiger partial charge in [0.15, 0.2) is 0 Å². The minimum Gasteiger partial charge on any atom is -0.326 e. The highest BCUT2D eigenvalue weighted by Gasteiger charge is 2.09. The topological polar surface area (TPSA) is 67.6 Å². The van der Waals surface area contributed by atoms with Gasteiger partial charge in [0.2, 0.25) is 0 Å². The van der Waals surface area contributed by atoms with Crippen molar-refractivity contribution in [2.75, 3.05) is 0 Å². The Balaban J connectivity index is 2.40. The maximum atomic E-state index is 9.12. The highest BCUT2D eigenvalue weighted by atomic mass is 15.3. The molecule has 1 aromatic heterocycles. The zero-order valence-electron chi connectivity index (χ0n) is 10.6. The molecule has 0 saturated heterocycles. The van der Waals surface area contributed by atoms with Crippen molar-refractivity contribution in [3.05, 3.63) is 41.6 Å². The van der Waals surface area contributed by atoms with Crippen LogP contribution in [-0.2, 0) is 6.54 Å². The maximum Gasteiger partial charge on any atom is 0.0998 e. The molecule has 1 aromatic carbocycles. The van der Waals surface area contributed by atoms with Crippen LogP contribution in [0.4, 0.5) is 0 Å². The second-order valence-electron chi connectivity index (χ2n) is 4.56. The molecule has 1 atom stereocenters. The fraction of sp³-hybridized carbons (Fsp3) is 0.286. The van der Waals surface area contributed by atoms with E-state index in [1.165, 1.54) is 0 Å². The lowest BCUT2D eigenvalue weighted by molar-refractivity contribution is 0.540. The molecule has 18 heavy (non-hydrogen) atoms. The fourth-order valence-electron chi connectivity index (χ4n) is 1.87. The number of nitrogens with two attached hydrogens (primary N) is 1. The lowest BCUT2D eigenvalue weighted by Crippen LogP contribution is -2.22. The molecule has 4 nitrogen and oxygen atoms in total. The summed E-state index contributed by atoms with van der Waals surface area (Å²) in [6.45, 7) is 4.62. The van der Waals surface area contributed by atoms with Crippen molar-refractivity contribution >= 4 is 0 Å². The van der Waals surface area contributed by atoms with Gasteiger partial charge in [-0.2, -0.15) is 10.4 Å². The normalized spacial score (nSPS) is 12.1. The molecule has 2 N–H and O–H groups in total. The Morgan fingerprint density at radius 1 is 1.44 bits per heavy atom. The van der Waals surface area contributed by atoms with E-state index in [0.717, 1.165) is 16.8 Å². The molecule has 0 spiro atoms. The van der Waals surface area contributed by atoms with Gasteiger partial charge in [0.25, 0.3) is 0 Å². The van der Waals surface area contributed by atoms with Crippen molar-refractivity contribution in [2.45, 2.75) is 26.4 Å². The van der Waals surface area contributed by atoms with E-state index in [-0.39, 0.29) is 6.04 Å². The lowest BCUT2D eigenvalue weighted by Gasteiger charge is -2.05. The predicted octanol–water partition coefficient (Wildman–Crippen LogP) is 2.08. The zero-order chi connectivity index (χ0) is 13.1. The zero-order valence-corrected chi connectivity index (χ0v) is 10.6. The number of hydrogen-bond donors (Lipinski definition) is 1. The van der Waals surface area contributed by atoms with Gasteiger partial charge in [-0.15, -0.1) is 0 Å². The number of aromatic nitrogens is 2. The van der Waals surface area contributed by atoms with E-state index < -0.39 is 0 Å². The molecule has 0 fully saturated rings. The van der Waals surface area contributed by atoms with Crippen LogP contribution < -0.4 is 5.73 Å². The molecule has 0 aliphatic heterocycles. The van der Waals surface area contributed by atoms with Crippen molar-refractivity contribution in [3.63, 3.8) is 0 Å². The molecule has 92 valence electrons. The number of rotatable bonds is 3. The van der Waals surface area contributed by atoms with Gasteiger partial charge < -0.3 is 5.73 Å². The average Bonchev–Trinajstić information content (AvgIpc) is 2.76. The van der Waals surface area contributed by atoms with Crippen LogP contribution in [0, 0.1) is 18.3 Å². The Morgan fingerprint density at radius 2 is 2.22 bits per heavy atom. The average molecular weight is 240 g/mol. The quantitative estimate of drug-likeness (QED) is 0.893. The summed E-state index contributed by atoms with van der Waals surface area (Å²) >= 11 is 0. The van der Waals surface area contributed by atoms with Crippen LogP contribution in [-0.4, -0.2) is 15.8 Å². The second-order valence-corrected chi connectivity index (χ2v) is 4.56. The summed E-state index contributed by atoms with van der Waals surface area (Å²) in [6.07, 6.45) is 1.89. The number of nitrogens with zero attached hydrogens (tertiary/aromatic N) is 3. The summed E-state index contributed by atoms with van der Waals surface area (Å²) in [6, 6.07) is 9.92. The molecule has 0 saturated carbocycles. The van der Waals surface area contributed by atoms with Crippen molar-refractivity contribution in [1.82, 2.24) is 9.78 Å². The third-order valence-corrected chi connectivity index (χ3v) is 2.69. The molecule has 2 aromatic rings. The largest absolute Gasteiger partial charge is 0.326 e. The molecule has 0 amide bonds. The molecule has 4 heteroatoms. The first kappa shape index (κ1) is 12.3. The van der Waals surface area contributed by atoms with Crippen molar-refractivity contribution in [2.24, 2.45) is 5.73 Å².